The van der Waals surface area contributed by atoms with Gasteiger partial charge in [-0.3, -0.25) is 0 Å². The zero-order chi connectivity index (χ0) is 12.5. The Kier molecular flexibility index (Phi) is 2.88. The van der Waals surface area contributed by atoms with Crippen LogP contribution in [0, 0.1) is 0 Å². The molecule has 0 spiro atoms. The molecule has 0 heterocycles. The molecule has 0 aromatic heterocycles. The van der Waals surface area contributed by atoms with Gasteiger partial charge in [0.1, 0.15) is 5.75 Å². The number of anilines is 1. The second-order valence-corrected chi connectivity index (χ2v) is 4.96. The Labute approximate surface area is 111 Å². The number of ether oxygens (including phenoxy) is 1. The molecule has 92 valence electrons. The van der Waals surface area contributed by atoms with E-state index in [2.05, 4.69) is 0 Å². The molecular weight excluding hydrogens is 246 g/mol. The van der Waals surface area contributed by atoms with Crippen LogP contribution in [0.4, 0.5) is 5.69 Å². The van der Waals surface area contributed by atoms with Crippen molar-refractivity contribution in [2.45, 2.75) is 18.9 Å². The lowest BCUT2D eigenvalue weighted by Gasteiger charge is -2.10. The summed E-state index contributed by atoms with van der Waals surface area (Å²) < 4.78 is 5.71. The van der Waals surface area contributed by atoms with Gasteiger partial charge in [-0.05, 0) is 36.6 Å². The molecule has 2 nitrogen and oxygen atoms in total. The summed E-state index contributed by atoms with van der Waals surface area (Å²) >= 11 is 6.24. The third-order valence-corrected chi connectivity index (χ3v) is 3.32. The largest absolute Gasteiger partial charge is 0.489 e. The van der Waals surface area contributed by atoms with Crippen LogP contribution in [-0.4, -0.2) is 6.10 Å². The molecule has 0 unspecified atom stereocenters. The standard InChI is InChI=1S/C15H14ClNO/c16-13-9-10(12-3-1-2-4-14(12)17)5-8-15(13)18-11-6-7-11/h1-5,8-9,11H,6-7,17H2. The number of nitrogens with two attached hydrogens (primary N) is 1. The number of halogens is 1. The molecule has 0 bridgehead atoms. The van der Waals surface area contributed by atoms with Gasteiger partial charge < -0.3 is 10.5 Å². The molecule has 0 aliphatic heterocycles. The highest BCUT2D eigenvalue weighted by atomic mass is 35.5. The average Bonchev–Trinajstić information content (AvgIpc) is 3.16. The number of para-hydroxylation sites is 1. The van der Waals surface area contributed by atoms with Crippen molar-refractivity contribution < 1.29 is 4.74 Å². The second kappa shape index (κ2) is 4.54. The smallest absolute Gasteiger partial charge is 0.138 e. The predicted octanol–water partition coefficient (Wildman–Crippen LogP) is 4.13. The maximum atomic E-state index is 6.24. The molecule has 0 atom stereocenters. The van der Waals surface area contributed by atoms with Gasteiger partial charge in [-0.1, -0.05) is 35.9 Å². The zero-order valence-electron chi connectivity index (χ0n) is 9.90. The molecular formula is C15H14ClNO. The van der Waals surface area contributed by atoms with Crippen LogP contribution < -0.4 is 10.5 Å². The summed E-state index contributed by atoms with van der Waals surface area (Å²) in [4.78, 5) is 0. The van der Waals surface area contributed by atoms with Crippen molar-refractivity contribution in [2.75, 3.05) is 5.73 Å². The molecule has 2 aromatic carbocycles. The fraction of sp³-hybridized carbons (Fsp3) is 0.200. The first kappa shape index (κ1) is 11.4. The fourth-order valence-electron chi connectivity index (χ4n) is 1.89. The quantitative estimate of drug-likeness (QED) is 0.841. The highest BCUT2D eigenvalue weighted by molar-refractivity contribution is 6.32. The fourth-order valence-corrected chi connectivity index (χ4v) is 2.11. The molecule has 1 aliphatic carbocycles. The van der Waals surface area contributed by atoms with E-state index in [9.17, 15) is 0 Å². The van der Waals surface area contributed by atoms with E-state index in [4.69, 9.17) is 22.1 Å². The number of hydrogen-bond acceptors (Lipinski definition) is 2. The van der Waals surface area contributed by atoms with E-state index in [1.54, 1.807) is 0 Å². The zero-order valence-corrected chi connectivity index (χ0v) is 10.7. The lowest BCUT2D eigenvalue weighted by Crippen LogP contribution is -1.96. The molecule has 3 heteroatoms. The monoisotopic (exact) mass is 259 g/mol. The molecule has 0 radical (unpaired) electrons. The lowest BCUT2D eigenvalue weighted by molar-refractivity contribution is 0.303. The number of benzene rings is 2. The molecule has 0 amide bonds. The Hall–Kier alpha value is -1.67. The Morgan fingerprint density at radius 3 is 2.56 bits per heavy atom. The van der Waals surface area contributed by atoms with E-state index in [-0.39, 0.29) is 0 Å². The van der Waals surface area contributed by atoms with Crippen molar-refractivity contribution in [3.05, 3.63) is 47.5 Å². The van der Waals surface area contributed by atoms with Gasteiger partial charge in [0.25, 0.3) is 0 Å². The van der Waals surface area contributed by atoms with Gasteiger partial charge in [-0.15, -0.1) is 0 Å². The van der Waals surface area contributed by atoms with Crippen LogP contribution >= 0.6 is 11.6 Å². The van der Waals surface area contributed by atoms with Crippen LogP contribution in [-0.2, 0) is 0 Å². The molecule has 0 saturated heterocycles. The SMILES string of the molecule is Nc1ccccc1-c1ccc(OC2CC2)c(Cl)c1. The Bertz CT molecular complexity index is 578. The lowest BCUT2D eigenvalue weighted by atomic mass is 10.0. The summed E-state index contributed by atoms with van der Waals surface area (Å²) in [5.41, 5.74) is 8.72. The Balaban J connectivity index is 1.94. The summed E-state index contributed by atoms with van der Waals surface area (Å²) in [5.74, 6) is 0.761. The predicted molar refractivity (Wildman–Crippen MR) is 75.0 cm³/mol. The first-order valence-electron chi connectivity index (χ1n) is 6.05. The molecule has 2 N–H and O–H groups in total. The summed E-state index contributed by atoms with van der Waals surface area (Å²) in [6.45, 7) is 0. The summed E-state index contributed by atoms with van der Waals surface area (Å²) in [6, 6.07) is 13.6. The minimum atomic E-state index is 0.357. The third kappa shape index (κ3) is 2.29. The van der Waals surface area contributed by atoms with Gasteiger partial charge in [0.2, 0.25) is 0 Å². The average molecular weight is 260 g/mol. The molecule has 1 fully saturated rings. The van der Waals surface area contributed by atoms with E-state index in [1.165, 1.54) is 0 Å². The van der Waals surface area contributed by atoms with Gasteiger partial charge >= 0.3 is 0 Å². The minimum absolute atomic E-state index is 0.357. The van der Waals surface area contributed by atoms with E-state index in [0.29, 0.717) is 11.1 Å². The van der Waals surface area contributed by atoms with Crippen LogP contribution in [0.25, 0.3) is 11.1 Å². The van der Waals surface area contributed by atoms with E-state index in [0.717, 1.165) is 35.4 Å². The number of nitrogen functional groups attached to an aromatic ring is 1. The Morgan fingerprint density at radius 1 is 1.11 bits per heavy atom. The van der Waals surface area contributed by atoms with Crippen molar-refractivity contribution in [2.24, 2.45) is 0 Å². The van der Waals surface area contributed by atoms with Crippen molar-refractivity contribution >= 4 is 17.3 Å². The summed E-state index contributed by atoms with van der Waals surface area (Å²) in [6.07, 6.45) is 2.61. The maximum Gasteiger partial charge on any atom is 0.138 e. The molecule has 1 saturated carbocycles. The van der Waals surface area contributed by atoms with Crippen LogP contribution in [0.5, 0.6) is 5.75 Å². The van der Waals surface area contributed by atoms with Gasteiger partial charge in [-0.2, -0.15) is 0 Å². The number of hydrogen-bond donors (Lipinski definition) is 1. The molecule has 18 heavy (non-hydrogen) atoms. The van der Waals surface area contributed by atoms with Crippen LogP contribution in [0.15, 0.2) is 42.5 Å². The van der Waals surface area contributed by atoms with Gasteiger partial charge in [0.05, 0.1) is 11.1 Å². The van der Waals surface area contributed by atoms with Gasteiger partial charge in [0, 0.05) is 11.3 Å². The van der Waals surface area contributed by atoms with E-state index < -0.39 is 0 Å². The normalized spacial score (nSPS) is 14.5. The van der Waals surface area contributed by atoms with E-state index >= 15 is 0 Å². The van der Waals surface area contributed by atoms with Crippen LogP contribution in [0.2, 0.25) is 5.02 Å². The topological polar surface area (TPSA) is 35.2 Å². The van der Waals surface area contributed by atoms with Crippen LogP contribution in [0.1, 0.15) is 12.8 Å². The summed E-state index contributed by atoms with van der Waals surface area (Å²) in [5, 5.41) is 0.641. The Morgan fingerprint density at radius 2 is 1.89 bits per heavy atom. The first-order valence-corrected chi connectivity index (χ1v) is 6.43. The minimum Gasteiger partial charge on any atom is -0.489 e. The molecule has 3 rings (SSSR count). The van der Waals surface area contributed by atoms with Crippen molar-refractivity contribution in [1.82, 2.24) is 0 Å². The molecule has 2 aromatic rings. The maximum absolute atomic E-state index is 6.24. The third-order valence-electron chi connectivity index (χ3n) is 3.02. The van der Waals surface area contributed by atoms with Crippen molar-refractivity contribution in [1.29, 1.82) is 0 Å². The number of rotatable bonds is 3. The van der Waals surface area contributed by atoms with Gasteiger partial charge in [0.15, 0.2) is 0 Å². The first-order chi connectivity index (χ1) is 8.74. The highest BCUT2D eigenvalue weighted by Gasteiger charge is 2.24. The van der Waals surface area contributed by atoms with Gasteiger partial charge in [-0.25, -0.2) is 0 Å². The van der Waals surface area contributed by atoms with Crippen molar-refractivity contribution in [3.63, 3.8) is 0 Å². The van der Waals surface area contributed by atoms with Crippen LogP contribution in [0.3, 0.4) is 0 Å². The molecule has 1 aliphatic rings. The highest BCUT2D eigenvalue weighted by Crippen LogP contribution is 2.35. The van der Waals surface area contributed by atoms with E-state index in [1.807, 2.05) is 42.5 Å². The summed E-state index contributed by atoms with van der Waals surface area (Å²) in [7, 11) is 0. The van der Waals surface area contributed by atoms with Crippen molar-refractivity contribution in [3.8, 4) is 16.9 Å². The second-order valence-electron chi connectivity index (χ2n) is 4.55.